The van der Waals surface area contributed by atoms with Gasteiger partial charge in [0.15, 0.2) is 17.4 Å². The number of ether oxygens (including phenoxy) is 1. The average molecular weight is 447 g/mol. The lowest BCUT2D eigenvalue weighted by Gasteiger charge is -2.12. The minimum absolute atomic E-state index is 0.0581. The molecule has 3 aromatic rings. The second-order valence-corrected chi connectivity index (χ2v) is 8.74. The maximum atomic E-state index is 14.2. The highest BCUT2D eigenvalue weighted by Gasteiger charge is 2.18. The zero-order valence-electron chi connectivity index (χ0n) is 17.3. The molecule has 3 rings (SSSR count). The van der Waals surface area contributed by atoms with Gasteiger partial charge in [-0.3, -0.25) is 9.52 Å². The summed E-state index contributed by atoms with van der Waals surface area (Å²) in [5, 5.41) is 0. The molecule has 0 radical (unpaired) electrons. The number of hydrogen-bond donors (Lipinski definition) is 1. The molecule has 0 unspecified atom stereocenters. The Bertz CT molecular complexity index is 1240. The number of aromatic nitrogens is 4. The summed E-state index contributed by atoms with van der Waals surface area (Å²) in [7, 11) is -2.15. The van der Waals surface area contributed by atoms with Crippen molar-refractivity contribution in [2.75, 3.05) is 10.5 Å². The van der Waals surface area contributed by atoms with Gasteiger partial charge in [-0.25, -0.2) is 12.8 Å². The minimum atomic E-state index is -3.70. The quantitative estimate of drug-likeness (QED) is 0.564. The van der Waals surface area contributed by atoms with Gasteiger partial charge >= 0.3 is 6.01 Å². The standard InChI is InChI=1S/C20H22FN5O4S/c1-4-5-11-31(28,29)25-19-22-18(14-9-10-16(27)26(3)12-14)23-20(24-19)30-17-13(2)7-6-8-15(17)21/h6-10,12H,4-5,11H2,1-3H3,(H,22,23,24,25). The summed E-state index contributed by atoms with van der Waals surface area (Å²) in [5.74, 6) is -1.01. The number of nitrogens with one attached hydrogen (secondary N) is 1. The first kappa shape index (κ1) is 22.3. The largest absolute Gasteiger partial charge is 0.421 e. The van der Waals surface area contributed by atoms with E-state index in [0.29, 0.717) is 24.0 Å². The Morgan fingerprint density at radius 2 is 1.94 bits per heavy atom. The van der Waals surface area contributed by atoms with Gasteiger partial charge < -0.3 is 9.30 Å². The van der Waals surface area contributed by atoms with Crippen LogP contribution in [0.2, 0.25) is 0 Å². The van der Waals surface area contributed by atoms with Gasteiger partial charge in [0, 0.05) is 24.9 Å². The Balaban J connectivity index is 2.07. The van der Waals surface area contributed by atoms with E-state index in [1.54, 1.807) is 20.0 Å². The molecule has 0 saturated carbocycles. The van der Waals surface area contributed by atoms with E-state index in [1.165, 1.54) is 35.0 Å². The number of aryl methyl sites for hydroxylation is 2. The topological polar surface area (TPSA) is 116 Å². The number of pyridine rings is 1. The normalized spacial score (nSPS) is 11.4. The molecule has 0 spiro atoms. The van der Waals surface area contributed by atoms with Gasteiger partial charge in [-0.1, -0.05) is 25.5 Å². The summed E-state index contributed by atoms with van der Waals surface area (Å²) in [5.41, 5.74) is 0.694. The Morgan fingerprint density at radius 1 is 1.16 bits per heavy atom. The van der Waals surface area contributed by atoms with Crippen LogP contribution in [0.25, 0.3) is 11.4 Å². The van der Waals surface area contributed by atoms with Crippen LogP contribution in [0.4, 0.5) is 10.3 Å². The van der Waals surface area contributed by atoms with Crippen LogP contribution >= 0.6 is 0 Å². The fourth-order valence-electron chi connectivity index (χ4n) is 2.66. The van der Waals surface area contributed by atoms with Crippen molar-refractivity contribution in [3.05, 3.63) is 58.3 Å². The third kappa shape index (κ3) is 5.63. The number of anilines is 1. The van der Waals surface area contributed by atoms with Crippen LogP contribution in [-0.2, 0) is 17.1 Å². The van der Waals surface area contributed by atoms with Crippen LogP contribution in [-0.4, -0.2) is 33.7 Å². The summed E-state index contributed by atoms with van der Waals surface area (Å²) in [4.78, 5) is 24.0. The summed E-state index contributed by atoms with van der Waals surface area (Å²) < 4.78 is 48.1. The van der Waals surface area contributed by atoms with Crippen molar-refractivity contribution in [3.8, 4) is 23.1 Å². The molecule has 0 aliphatic heterocycles. The van der Waals surface area contributed by atoms with Crippen molar-refractivity contribution in [2.45, 2.75) is 26.7 Å². The summed E-state index contributed by atoms with van der Waals surface area (Å²) in [6.45, 7) is 3.53. The van der Waals surface area contributed by atoms with Crippen molar-refractivity contribution in [3.63, 3.8) is 0 Å². The summed E-state index contributed by atoms with van der Waals surface area (Å²) in [6, 6.07) is 6.94. The van der Waals surface area contributed by atoms with Gasteiger partial charge in [-0.2, -0.15) is 15.0 Å². The van der Waals surface area contributed by atoms with Gasteiger partial charge in [0.25, 0.3) is 0 Å². The molecule has 0 saturated heterocycles. The summed E-state index contributed by atoms with van der Waals surface area (Å²) >= 11 is 0. The Kier molecular flexibility index (Phi) is 6.64. The van der Waals surface area contributed by atoms with E-state index in [9.17, 15) is 17.6 Å². The molecule has 164 valence electrons. The fraction of sp³-hybridized carbons (Fsp3) is 0.300. The van der Waals surface area contributed by atoms with Gasteiger partial charge in [0.1, 0.15) is 0 Å². The maximum absolute atomic E-state index is 14.2. The number of unbranched alkanes of at least 4 members (excludes halogenated alkanes) is 1. The van der Waals surface area contributed by atoms with Crippen LogP contribution in [0.1, 0.15) is 25.3 Å². The molecule has 2 heterocycles. The lowest BCUT2D eigenvalue weighted by atomic mass is 10.2. The fourth-order valence-corrected chi connectivity index (χ4v) is 3.80. The molecule has 2 aromatic heterocycles. The molecule has 0 bridgehead atoms. The zero-order chi connectivity index (χ0) is 22.6. The van der Waals surface area contributed by atoms with Gasteiger partial charge in [-0.15, -0.1) is 0 Å². The number of benzene rings is 1. The van der Waals surface area contributed by atoms with E-state index in [-0.39, 0.29) is 34.8 Å². The van der Waals surface area contributed by atoms with Gasteiger partial charge in [-0.05, 0) is 31.0 Å². The van der Waals surface area contributed by atoms with E-state index in [4.69, 9.17) is 4.74 Å². The maximum Gasteiger partial charge on any atom is 0.327 e. The SMILES string of the molecule is CCCCS(=O)(=O)Nc1nc(Oc2c(C)cccc2F)nc(-c2ccc(=O)n(C)c2)n1. The molecular weight excluding hydrogens is 425 g/mol. The lowest BCUT2D eigenvalue weighted by molar-refractivity contribution is 0.407. The molecule has 0 aliphatic rings. The van der Waals surface area contributed by atoms with E-state index in [1.807, 2.05) is 6.92 Å². The Morgan fingerprint density at radius 3 is 2.61 bits per heavy atom. The first-order chi connectivity index (χ1) is 14.7. The van der Waals surface area contributed by atoms with E-state index in [2.05, 4.69) is 19.7 Å². The molecule has 1 aromatic carbocycles. The lowest BCUT2D eigenvalue weighted by Crippen LogP contribution is -2.19. The highest BCUT2D eigenvalue weighted by molar-refractivity contribution is 7.92. The van der Waals surface area contributed by atoms with Crippen molar-refractivity contribution in [1.82, 2.24) is 19.5 Å². The Hall–Kier alpha value is -3.34. The van der Waals surface area contributed by atoms with E-state index in [0.717, 1.165) is 0 Å². The predicted molar refractivity (Wildman–Crippen MR) is 114 cm³/mol. The average Bonchev–Trinajstić information content (AvgIpc) is 2.71. The second kappa shape index (κ2) is 9.21. The molecule has 0 amide bonds. The zero-order valence-corrected chi connectivity index (χ0v) is 18.1. The highest BCUT2D eigenvalue weighted by atomic mass is 32.2. The molecule has 11 heteroatoms. The number of rotatable bonds is 8. The first-order valence-corrected chi connectivity index (χ1v) is 11.2. The van der Waals surface area contributed by atoms with Crippen molar-refractivity contribution < 1.29 is 17.5 Å². The monoisotopic (exact) mass is 447 g/mol. The van der Waals surface area contributed by atoms with Gasteiger partial charge in [0.2, 0.25) is 21.5 Å². The molecule has 0 fully saturated rings. The molecule has 1 N–H and O–H groups in total. The number of hydrogen-bond acceptors (Lipinski definition) is 7. The molecule has 0 aliphatic carbocycles. The number of para-hydroxylation sites is 1. The molecule has 9 nitrogen and oxygen atoms in total. The van der Waals surface area contributed by atoms with Crippen molar-refractivity contribution in [1.29, 1.82) is 0 Å². The van der Waals surface area contributed by atoms with Crippen LogP contribution in [0.5, 0.6) is 11.8 Å². The molecular formula is C20H22FN5O4S. The number of nitrogens with zero attached hydrogens (tertiary/aromatic N) is 4. The first-order valence-electron chi connectivity index (χ1n) is 9.55. The second-order valence-electron chi connectivity index (χ2n) is 6.89. The predicted octanol–water partition coefficient (Wildman–Crippen LogP) is 3.02. The highest BCUT2D eigenvalue weighted by Crippen LogP contribution is 2.27. The van der Waals surface area contributed by atoms with Crippen LogP contribution in [0.15, 0.2) is 41.3 Å². The number of sulfonamides is 1. The Labute approximate surface area is 179 Å². The van der Waals surface area contributed by atoms with Crippen LogP contribution < -0.4 is 15.0 Å². The van der Waals surface area contributed by atoms with Crippen molar-refractivity contribution >= 4 is 16.0 Å². The molecule has 31 heavy (non-hydrogen) atoms. The minimum Gasteiger partial charge on any atom is -0.421 e. The number of halogens is 1. The van der Waals surface area contributed by atoms with Crippen LogP contribution in [0.3, 0.4) is 0 Å². The van der Waals surface area contributed by atoms with E-state index < -0.39 is 15.8 Å². The van der Waals surface area contributed by atoms with Gasteiger partial charge in [0.05, 0.1) is 5.75 Å². The smallest absolute Gasteiger partial charge is 0.327 e. The van der Waals surface area contributed by atoms with Crippen LogP contribution in [0, 0.1) is 12.7 Å². The summed E-state index contributed by atoms with van der Waals surface area (Å²) in [6.07, 6.45) is 2.65. The molecule has 0 atom stereocenters. The van der Waals surface area contributed by atoms with E-state index >= 15 is 0 Å². The van der Waals surface area contributed by atoms with Crippen molar-refractivity contribution in [2.24, 2.45) is 7.05 Å². The third-order valence-electron chi connectivity index (χ3n) is 4.33. The third-order valence-corrected chi connectivity index (χ3v) is 5.65.